The SMILES string of the molecule is CC(C)S(=O)(=O)CC(=O)N[C@@H]1COCC[C@H]1Oc1ccccn1. The van der Waals surface area contributed by atoms with Gasteiger partial charge < -0.3 is 14.8 Å². The fraction of sp³-hybridized carbons (Fsp3) is 0.600. The molecule has 0 radical (unpaired) electrons. The van der Waals surface area contributed by atoms with Gasteiger partial charge in [0.05, 0.1) is 24.5 Å². The first kappa shape index (κ1) is 17.7. The van der Waals surface area contributed by atoms with Crippen LogP contribution in [0.5, 0.6) is 5.88 Å². The van der Waals surface area contributed by atoms with Crippen LogP contribution in [0.3, 0.4) is 0 Å². The van der Waals surface area contributed by atoms with Gasteiger partial charge in [0.25, 0.3) is 0 Å². The largest absolute Gasteiger partial charge is 0.472 e. The monoisotopic (exact) mass is 342 g/mol. The van der Waals surface area contributed by atoms with E-state index < -0.39 is 32.8 Å². The number of rotatable bonds is 6. The number of sulfone groups is 1. The first-order chi connectivity index (χ1) is 10.9. The second kappa shape index (κ2) is 7.74. The molecule has 0 unspecified atom stereocenters. The highest BCUT2D eigenvalue weighted by atomic mass is 32.2. The van der Waals surface area contributed by atoms with Crippen molar-refractivity contribution in [3.63, 3.8) is 0 Å². The average molecular weight is 342 g/mol. The smallest absolute Gasteiger partial charge is 0.235 e. The van der Waals surface area contributed by atoms with E-state index in [4.69, 9.17) is 9.47 Å². The van der Waals surface area contributed by atoms with Crippen LogP contribution in [0.1, 0.15) is 20.3 Å². The molecule has 1 aliphatic heterocycles. The molecule has 128 valence electrons. The predicted octanol–water partition coefficient (Wildman–Crippen LogP) is 0.557. The zero-order valence-electron chi connectivity index (χ0n) is 13.3. The fourth-order valence-electron chi connectivity index (χ4n) is 2.16. The standard InChI is InChI=1S/C15H22N2O5S/c1-11(2)23(19,20)10-14(18)17-12-9-21-8-6-13(12)22-15-5-3-4-7-16-15/h3-5,7,11-13H,6,8-10H2,1-2H3,(H,17,18)/t12-,13-/m1/s1. The molecular weight excluding hydrogens is 320 g/mol. The molecule has 0 aliphatic carbocycles. The van der Waals surface area contributed by atoms with Crippen LogP contribution in [-0.2, 0) is 19.4 Å². The molecule has 2 heterocycles. The Hall–Kier alpha value is -1.67. The average Bonchev–Trinajstić information content (AvgIpc) is 2.49. The Morgan fingerprint density at radius 2 is 2.26 bits per heavy atom. The van der Waals surface area contributed by atoms with Gasteiger partial charge in [-0.15, -0.1) is 0 Å². The molecule has 1 saturated heterocycles. The third kappa shape index (κ3) is 5.18. The molecule has 0 saturated carbocycles. The minimum atomic E-state index is -3.43. The van der Waals surface area contributed by atoms with Crippen LogP contribution in [0.4, 0.5) is 0 Å². The highest BCUT2D eigenvalue weighted by Crippen LogP contribution is 2.16. The van der Waals surface area contributed by atoms with E-state index >= 15 is 0 Å². The van der Waals surface area contributed by atoms with Crippen molar-refractivity contribution in [3.8, 4) is 5.88 Å². The van der Waals surface area contributed by atoms with E-state index in [9.17, 15) is 13.2 Å². The van der Waals surface area contributed by atoms with Gasteiger partial charge in [-0.05, 0) is 19.9 Å². The molecule has 0 bridgehead atoms. The van der Waals surface area contributed by atoms with E-state index in [0.717, 1.165) is 0 Å². The Morgan fingerprint density at radius 1 is 1.48 bits per heavy atom. The number of ether oxygens (including phenoxy) is 2. The molecule has 1 aromatic rings. The Labute approximate surface area is 136 Å². The Bertz CT molecular complexity index is 618. The number of carbonyl (C=O) groups is 1. The zero-order valence-corrected chi connectivity index (χ0v) is 14.1. The molecule has 0 spiro atoms. The number of nitrogens with zero attached hydrogens (tertiary/aromatic N) is 1. The van der Waals surface area contributed by atoms with Crippen LogP contribution in [0.2, 0.25) is 0 Å². The highest BCUT2D eigenvalue weighted by molar-refractivity contribution is 7.92. The van der Waals surface area contributed by atoms with Crippen molar-refractivity contribution in [3.05, 3.63) is 24.4 Å². The quantitative estimate of drug-likeness (QED) is 0.812. The maximum atomic E-state index is 12.0. The van der Waals surface area contributed by atoms with Crippen molar-refractivity contribution < 1.29 is 22.7 Å². The van der Waals surface area contributed by atoms with Crippen LogP contribution in [0.25, 0.3) is 0 Å². The van der Waals surface area contributed by atoms with E-state index in [-0.39, 0.29) is 12.7 Å². The molecule has 8 heteroatoms. The molecule has 7 nitrogen and oxygen atoms in total. The van der Waals surface area contributed by atoms with Crippen molar-refractivity contribution >= 4 is 15.7 Å². The Morgan fingerprint density at radius 3 is 2.91 bits per heavy atom. The van der Waals surface area contributed by atoms with Crippen molar-refractivity contribution in [2.45, 2.75) is 37.7 Å². The molecule has 1 fully saturated rings. The minimum Gasteiger partial charge on any atom is -0.472 e. The summed E-state index contributed by atoms with van der Waals surface area (Å²) in [5, 5.41) is 2.12. The Balaban J connectivity index is 1.97. The first-order valence-electron chi connectivity index (χ1n) is 7.55. The summed E-state index contributed by atoms with van der Waals surface area (Å²) in [6.07, 6.45) is 1.92. The number of pyridine rings is 1. The first-order valence-corrected chi connectivity index (χ1v) is 9.26. The molecule has 2 rings (SSSR count). The van der Waals surface area contributed by atoms with E-state index in [1.165, 1.54) is 0 Å². The van der Waals surface area contributed by atoms with Gasteiger partial charge in [0.1, 0.15) is 11.9 Å². The van der Waals surface area contributed by atoms with Crippen LogP contribution in [-0.4, -0.2) is 55.7 Å². The lowest BCUT2D eigenvalue weighted by Gasteiger charge is -2.32. The summed E-state index contributed by atoms with van der Waals surface area (Å²) in [5.74, 6) is -0.602. The van der Waals surface area contributed by atoms with E-state index in [2.05, 4.69) is 10.3 Å². The van der Waals surface area contributed by atoms with Gasteiger partial charge in [0.2, 0.25) is 11.8 Å². The molecule has 1 amide bonds. The molecule has 1 aromatic heterocycles. The predicted molar refractivity (Wildman–Crippen MR) is 84.9 cm³/mol. The van der Waals surface area contributed by atoms with Crippen LogP contribution >= 0.6 is 0 Å². The van der Waals surface area contributed by atoms with E-state index in [1.54, 1.807) is 32.2 Å². The van der Waals surface area contributed by atoms with Gasteiger partial charge in [0.15, 0.2) is 9.84 Å². The normalized spacial score (nSPS) is 21.9. The van der Waals surface area contributed by atoms with Gasteiger partial charge in [-0.2, -0.15) is 0 Å². The maximum Gasteiger partial charge on any atom is 0.235 e. The lowest BCUT2D eigenvalue weighted by atomic mass is 10.1. The van der Waals surface area contributed by atoms with Crippen LogP contribution < -0.4 is 10.1 Å². The molecule has 1 N–H and O–H groups in total. The van der Waals surface area contributed by atoms with Crippen molar-refractivity contribution in [2.24, 2.45) is 0 Å². The summed E-state index contributed by atoms with van der Waals surface area (Å²) in [4.78, 5) is 16.1. The van der Waals surface area contributed by atoms with Crippen molar-refractivity contribution in [2.75, 3.05) is 19.0 Å². The molecular formula is C15H22N2O5S. The summed E-state index contributed by atoms with van der Waals surface area (Å²) in [6, 6.07) is 4.93. The number of carbonyl (C=O) groups excluding carboxylic acids is 1. The van der Waals surface area contributed by atoms with E-state index in [1.807, 2.05) is 6.07 Å². The molecule has 1 aliphatic rings. The number of amides is 1. The van der Waals surface area contributed by atoms with Crippen LogP contribution in [0, 0.1) is 0 Å². The summed E-state index contributed by atoms with van der Waals surface area (Å²) >= 11 is 0. The number of hydrogen-bond donors (Lipinski definition) is 1. The fourth-order valence-corrected chi connectivity index (χ4v) is 2.95. The Kier molecular flexibility index (Phi) is 5.95. The van der Waals surface area contributed by atoms with Gasteiger partial charge in [0, 0.05) is 18.7 Å². The van der Waals surface area contributed by atoms with Gasteiger partial charge >= 0.3 is 0 Å². The molecule has 23 heavy (non-hydrogen) atoms. The molecule has 2 atom stereocenters. The summed E-state index contributed by atoms with van der Waals surface area (Å²) in [7, 11) is -3.43. The topological polar surface area (TPSA) is 94.6 Å². The minimum absolute atomic E-state index is 0.283. The maximum absolute atomic E-state index is 12.0. The lowest BCUT2D eigenvalue weighted by Crippen LogP contribution is -2.53. The van der Waals surface area contributed by atoms with Gasteiger partial charge in [-0.25, -0.2) is 13.4 Å². The van der Waals surface area contributed by atoms with Gasteiger partial charge in [-0.1, -0.05) is 6.07 Å². The third-order valence-corrected chi connectivity index (χ3v) is 5.70. The van der Waals surface area contributed by atoms with Gasteiger partial charge in [-0.3, -0.25) is 4.79 Å². The summed E-state index contributed by atoms with van der Waals surface area (Å²) < 4.78 is 34.8. The highest BCUT2D eigenvalue weighted by Gasteiger charge is 2.31. The third-order valence-electron chi connectivity index (χ3n) is 3.60. The number of nitrogens with one attached hydrogen (secondary N) is 1. The summed E-state index contributed by atoms with van der Waals surface area (Å²) in [6.45, 7) is 3.91. The van der Waals surface area contributed by atoms with Crippen LogP contribution in [0.15, 0.2) is 24.4 Å². The summed E-state index contributed by atoms with van der Waals surface area (Å²) in [5.41, 5.74) is 0. The number of hydrogen-bond acceptors (Lipinski definition) is 6. The lowest BCUT2D eigenvalue weighted by molar-refractivity contribution is -0.121. The molecule has 0 aromatic carbocycles. The van der Waals surface area contributed by atoms with Crippen molar-refractivity contribution in [1.82, 2.24) is 10.3 Å². The second-order valence-corrected chi connectivity index (χ2v) is 8.28. The van der Waals surface area contributed by atoms with Crippen molar-refractivity contribution in [1.29, 1.82) is 0 Å². The number of aromatic nitrogens is 1. The zero-order chi connectivity index (χ0) is 16.9. The van der Waals surface area contributed by atoms with E-state index in [0.29, 0.717) is 18.9 Å². The second-order valence-electron chi connectivity index (χ2n) is 5.72.